The normalized spacial score (nSPS) is 22.5. The Hall–Kier alpha value is -1.94. The number of carbonyl (C=O) groups excluding carboxylic acids is 2. The molecule has 1 fully saturated rings. The van der Waals surface area contributed by atoms with Gasteiger partial charge in [-0.05, 0) is 61.1 Å². The van der Waals surface area contributed by atoms with E-state index in [1.54, 1.807) is 91.9 Å². The first-order valence-electron chi connectivity index (χ1n) is 8.60. The van der Waals surface area contributed by atoms with Crippen molar-refractivity contribution in [3.8, 4) is 0 Å². The van der Waals surface area contributed by atoms with Crippen molar-refractivity contribution in [2.75, 3.05) is 0 Å². The summed E-state index contributed by atoms with van der Waals surface area (Å²) in [7, 11) is -4.07. The van der Waals surface area contributed by atoms with E-state index in [9.17, 15) is 18.0 Å². The Morgan fingerprint density at radius 3 is 2.04 bits per heavy atom. The molecule has 1 saturated heterocycles. The second-order valence-corrected chi connectivity index (χ2v) is 12.0. The first-order chi connectivity index (χ1) is 13.0. The van der Waals surface area contributed by atoms with Gasteiger partial charge >= 0.3 is 6.09 Å². The number of hydrogen-bond acceptors (Lipinski definition) is 5. The summed E-state index contributed by atoms with van der Waals surface area (Å²) in [6.45, 7) is 5.06. The van der Waals surface area contributed by atoms with Crippen LogP contribution in [0.1, 0.15) is 32.4 Å². The summed E-state index contributed by atoms with van der Waals surface area (Å²) < 4.78 is 30.3. The highest BCUT2D eigenvalue weighted by Crippen LogP contribution is 2.55. The Kier molecular flexibility index (Phi) is 5.30. The molecule has 0 unspecified atom stereocenters. The lowest BCUT2D eigenvalue weighted by Crippen LogP contribution is -2.70. The van der Waals surface area contributed by atoms with Gasteiger partial charge in [0.2, 0.25) is 12.6 Å². The number of benzene rings is 2. The van der Waals surface area contributed by atoms with Gasteiger partial charge in [0.15, 0.2) is 0 Å². The van der Waals surface area contributed by atoms with Gasteiger partial charge in [-0.15, -0.1) is 0 Å². The number of rotatable bonds is 3. The number of likely N-dealkylation sites (tertiary alicyclic amines) is 1. The number of alkyl halides is 1. The van der Waals surface area contributed by atoms with Crippen molar-refractivity contribution >= 4 is 44.4 Å². The number of halogens is 1. The van der Waals surface area contributed by atoms with Crippen LogP contribution >= 0.6 is 22.6 Å². The van der Waals surface area contributed by atoms with Gasteiger partial charge in [-0.2, -0.15) is 0 Å². The molecule has 0 saturated carbocycles. The van der Waals surface area contributed by atoms with Crippen LogP contribution in [0, 0.1) is 0 Å². The minimum atomic E-state index is -4.07. The summed E-state index contributed by atoms with van der Waals surface area (Å²) in [5, 5.41) is 0. The summed E-state index contributed by atoms with van der Waals surface area (Å²) in [4.78, 5) is 26.7. The van der Waals surface area contributed by atoms with E-state index in [0.717, 1.165) is 4.90 Å². The Balaban J connectivity index is 2.11. The van der Waals surface area contributed by atoms with Gasteiger partial charge in [-0.1, -0.05) is 48.5 Å². The van der Waals surface area contributed by atoms with Crippen LogP contribution in [0.2, 0.25) is 0 Å². The molecule has 8 heteroatoms. The Bertz CT molecular complexity index is 1000. The highest BCUT2D eigenvalue weighted by molar-refractivity contribution is 14.1. The zero-order valence-corrected chi connectivity index (χ0v) is 18.6. The van der Waals surface area contributed by atoms with E-state index in [4.69, 9.17) is 4.74 Å². The van der Waals surface area contributed by atoms with Crippen molar-refractivity contribution in [2.45, 2.75) is 40.1 Å². The molecule has 148 valence electrons. The Labute approximate surface area is 177 Å². The molecular weight excluding hydrogens is 493 g/mol. The molecule has 0 aliphatic carbocycles. The molecule has 2 aromatic carbocycles. The van der Waals surface area contributed by atoms with Crippen LogP contribution in [0.15, 0.2) is 65.6 Å². The number of nitrogens with zero attached hydrogens (tertiary/aromatic N) is 1. The minimum absolute atomic E-state index is 0.0301. The molecule has 2 amide bonds. The Morgan fingerprint density at radius 1 is 1.04 bits per heavy atom. The molecular formula is C20H20INO5S. The molecule has 2 aromatic rings. The van der Waals surface area contributed by atoms with E-state index in [2.05, 4.69) is 0 Å². The minimum Gasteiger partial charge on any atom is -0.443 e. The van der Waals surface area contributed by atoms with Crippen molar-refractivity contribution < 1.29 is 22.7 Å². The third kappa shape index (κ3) is 3.32. The maximum Gasteiger partial charge on any atom is 0.417 e. The molecule has 0 radical (unpaired) electrons. The molecule has 2 atom stereocenters. The number of imide groups is 1. The predicted molar refractivity (Wildman–Crippen MR) is 113 cm³/mol. The standard InChI is InChI=1S/C20H20INO5S/c1-19(2,3)27-18(24)22-16(14-10-6-4-7-11-14)20(21,17(22)23)28(25,26)15-12-8-5-9-13-15/h4-13,16H,1-3H3/t16-,20+/m0/s1. The van der Waals surface area contributed by atoms with Crippen LogP contribution in [0.5, 0.6) is 0 Å². The highest BCUT2D eigenvalue weighted by atomic mass is 127. The zero-order valence-electron chi connectivity index (χ0n) is 15.6. The predicted octanol–water partition coefficient (Wildman–Crippen LogP) is 4.11. The van der Waals surface area contributed by atoms with Crippen molar-refractivity contribution in [2.24, 2.45) is 0 Å². The molecule has 28 heavy (non-hydrogen) atoms. The van der Waals surface area contributed by atoms with Crippen LogP contribution in [0.3, 0.4) is 0 Å². The van der Waals surface area contributed by atoms with Crippen molar-refractivity contribution in [3.05, 3.63) is 66.2 Å². The van der Waals surface area contributed by atoms with E-state index >= 15 is 0 Å². The number of amides is 2. The number of sulfone groups is 1. The fraction of sp³-hybridized carbons (Fsp3) is 0.300. The first kappa shape index (κ1) is 20.8. The number of β-lactam (4-membered cyclic amide) rings is 1. The van der Waals surface area contributed by atoms with Crippen LogP contribution in [-0.2, 0) is 19.4 Å². The van der Waals surface area contributed by atoms with Gasteiger partial charge in [0.25, 0.3) is 5.91 Å². The molecule has 0 spiro atoms. The summed E-state index contributed by atoms with van der Waals surface area (Å²) in [5.41, 5.74) is -0.276. The summed E-state index contributed by atoms with van der Waals surface area (Å²) in [5.74, 6) is -0.806. The van der Waals surface area contributed by atoms with Crippen molar-refractivity contribution in [1.82, 2.24) is 4.90 Å². The third-order valence-corrected chi connectivity index (χ3v) is 9.13. The second-order valence-electron chi connectivity index (χ2n) is 7.43. The molecule has 0 N–H and O–H groups in total. The van der Waals surface area contributed by atoms with Crippen molar-refractivity contribution in [3.63, 3.8) is 0 Å². The monoisotopic (exact) mass is 513 g/mol. The van der Waals surface area contributed by atoms with Crippen LogP contribution in [-0.4, -0.2) is 33.7 Å². The quantitative estimate of drug-likeness (QED) is 0.351. The molecule has 6 nitrogen and oxygen atoms in total. The molecule has 1 aliphatic rings. The van der Waals surface area contributed by atoms with Gasteiger partial charge in [0.1, 0.15) is 11.6 Å². The van der Waals surface area contributed by atoms with Gasteiger partial charge in [0.05, 0.1) is 4.90 Å². The van der Waals surface area contributed by atoms with E-state index in [1.807, 2.05) is 0 Å². The lowest BCUT2D eigenvalue weighted by Gasteiger charge is -2.50. The van der Waals surface area contributed by atoms with Gasteiger partial charge < -0.3 is 4.74 Å². The second kappa shape index (κ2) is 7.14. The smallest absolute Gasteiger partial charge is 0.417 e. The molecule has 3 rings (SSSR count). The van der Waals surface area contributed by atoms with E-state index < -0.39 is 36.2 Å². The summed E-state index contributed by atoms with van der Waals surface area (Å²) >= 11 is 1.66. The van der Waals surface area contributed by atoms with Crippen molar-refractivity contribution in [1.29, 1.82) is 0 Å². The molecule has 1 aliphatic heterocycles. The van der Waals surface area contributed by atoms with Gasteiger partial charge in [0, 0.05) is 0 Å². The summed E-state index contributed by atoms with van der Waals surface area (Å²) in [6.07, 6.45) is -0.859. The average Bonchev–Trinajstić information content (AvgIpc) is 2.64. The largest absolute Gasteiger partial charge is 0.443 e. The fourth-order valence-electron chi connectivity index (χ4n) is 3.03. The molecule has 0 bridgehead atoms. The maximum atomic E-state index is 13.4. The van der Waals surface area contributed by atoms with E-state index in [1.165, 1.54) is 12.1 Å². The fourth-order valence-corrected chi connectivity index (χ4v) is 6.41. The summed E-state index contributed by atoms with van der Waals surface area (Å²) in [6, 6.07) is 15.4. The zero-order chi connectivity index (χ0) is 20.7. The average molecular weight is 513 g/mol. The number of hydrogen-bond donors (Lipinski definition) is 0. The lowest BCUT2D eigenvalue weighted by molar-refractivity contribution is -0.144. The Morgan fingerprint density at radius 2 is 1.54 bits per heavy atom. The topological polar surface area (TPSA) is 80.8 Å². The lowest BCUT2D eigenvalue weighted by atomic mass is 9.93. The molecule has 1 heterocycles. The van der Waals surface area contributed by atoms with Gasteiger partial charge in [-0.3, -0.25) is 4.79 Å². The van der Waals surface area contributed by atoms with E-state index in [0.29, 0.717) is 5.56 Å². The van der Waals surface area contributed by atoms with Gasteiger partial charge in [-0.25, -0.2) is 18.1 Å². The molecule has 0 aromatic heterocycles. The SMILES string of the molecule is CC(C)(C)OC(=O)N1C(=O)[C@](I)(S(=O)(=O)c2ccccc2)[C@@H]1c1ccccc1. The van der Waals surface area contributed by atoms with Crippen LogP contribution in [0.4, 0.5) is 4.79 Å². The highest BCUT2D eigenvalue weighted by Gasteiger charge is 2.70. The maximum absolute atomic E-state index is 13.4. The van der Waals surface area contributed by atoms with Crippen LogP contribution in [0.25, 0.3) is 0 Å². The van der Waals surface area contributed by atoms with E-state index in [-0.39, 0.29) is 4.90 Å². The number of carbonyl (C=O) groups is 2. The number of ether oxygens (including phenoxy) is 1. The third-order valence-electron chi connectivity index (χ3n) is 4.27. The van der Waals surface area contributed by atoms with Crippen LogP contribution < -0.4 is 0 Å². The first-order valence-corrected chi connectivity index (χ1v) is 11.2.